The molecule has 3 fully saturated rings. The molecule has 3 saturated heterocycles. The van der Waals surface area contributed by atoms with E-state index >= 15 is 13.3 Å². The number of imide groups is 1. The lowest BCUT2D eigenvalue weighted by molar-refractivity contribution is -0.137. The van der Waals surface area contributed by atoms with Crippen LogP contribution in [-0.4, -0.2) is 159 Å². The number of alkyl halides is 2. The number of carbonyl (C=O) groups excluding carboxylic acids is 6. The lowest BCUT2D eigenvalue weighted by Crippen LogP contribution is -2.53. The van der Waals surface area contributed by atoms with Gasteiger partial charge in [-0.25, -0.2) is 42.8 Å². The van der Waals surface area contributed by atoms with E-state index in [9.17, 15) is 43.0 Å². The molecule has 0 spiro atoms. The first kappa shape index (κ1) is 63.6. The minimum atomic E-state index is -5.27. The van der Waals surface area contributed by atoms with Gasteiger partial charge in [-0.1, -0.05) is 38.8 Å². The SMILES string of the molecule is CC(C)[C@H](NC(=O)CCCCCNC(=O)CCCCCN1C(=O)C=CC1=O)C(=O)N[C@H](C)C(=O)Nc1ccc(CSP2(=O)OC[C@@H]3O[C@H](n4cnc5c(N)ncnc54)[C@@H](F)[C@H]3OP(=O)(O)OC[C@@H]3O[C@H](n4cnc5c(=O)[nH]cnc54)[C@@H](F)[C@H]3O2)cc1. The van der Waals surface area contributed by atoms with Gasteiger partial charge in [-0.2, -0.15) is 0 Å². The van der Waals surface area contributed by atoms with Crippen LogP contribution in [0.4, 0.5) is 20.3 Å². The monoisotopic (exact) mass is 1260 g/mol. The molecule has 12 atom stereocenters. The lowest BCUT2D eigenvalue weighted by Gasteiger charge is -2.29. The molecule has 2 unspecified atom stereocenters. The summed E-state index contributed by atoms with van der Waals surface area (Å²) in [5.41, 5.74) is 5.94. The smallest absolute Gasteiger partial charge is 0.382 e. The van der Waals surface area contributed by atoms with Crippen molar-refractivity contribution in [2.75, 3.05) is 37.4 Å². The number of phosphoric ester groups is 1. The number of imidazole rings is 2. The van der Waals surface area contributed by atoms with Gasteiger partial charge < -0.3 is 46.4 Å². The second-order valence-electron chi connectivity index (χ2n) is 20.9. The zero-order valence-corrected chi connectivity index (χ0v) is 49.2. The number of nitrogens with zero attached hydrogens (tertiary/aromatic N) is 8. The van der Waals surface area contributed by atoms with Crippen LogP contribution in [0.1, 0.15) is 90.2 Å². The van der Waals surface area contributed by atoms with E-state index in [1.165, 1.54) is 36.1 Å². The van der Waals surface area contributed by atoms with Crippen LogP contribution in [0.5, 0.6) is 0 Å². The number of fused-ring (bicyclic) bond motifs is 4. The Morgan fingerprint density at radius 1 is 0.767 bits per heavy atom. The number of hydrogen-bond donors (Lipinski definition) is 7. The number of amides is 6. The van der Waals surface area contributed by atoms with Crippen molar-refractivity contribution >= 4 is 95.3 Å². The van der Waals surface area contributed by atoms with E-state index in [2.05, 4.69) is 51.2 Å². The molecule has 0 bridgehead atoms. The number of aromatic nitrogens is 8. The Hall–Kier alpha value is -6.93. The lowest BCUT2D eigenvalue weighted by atomic mass is 10.0. The highest BCUT2D eigenvalue weighted by atomic mass is 32.7. The van der Waals surface area contributed by atoms with Crippen LogP contribution in [0, 0.1) is 5.92 Å². The highest BCUT2D eigenvalue weighted by Crippen LogP contribution is 2.65. The highest BCUT2D eigenvalue weighted by molar-refractivity contribution is 8.54. The number of phosphoric acid groups is 1. The number of benzene rings is 1. The van der Waals surface area contributed by atoms with Gasteiger partial charge in [0.05, 0.1) is 32.2 Å². The second kappa shape index (κ2) is 27.8. The summed E-state index contributed by atoms with van der Waals surface area (Å²) in [4.78, 5) is 123. The van der Waals surface area contributed by atoms with Crippen LogP contribution >= 0.6 is 26.0 Å². The normalized spacial score (nSPS) is 26.7. The Bertz CT molecular complexity index is 3490. The van der Waals surface area contributed by atoms with Gasteiger partial charge in [-0.15, -0.1) is 0 Å². The molecular formula is C51H64F2N14O16P2S. The van der Waals surface area contributed by atoms with Crippen molar-refractivity contribution in [1.29, 1.82) is 0 Å². The largest absolute Gasteiger partial charge is 0.472 e. The number of ether oxygens (including phenoxy) is 2. The van der Waals surface area contributed by atoms with Crippen molar-refractivity contribution in [3.05, 3.63) is 77.6 Å². The van der Waals surface area contributed by atoms with Gasteiger partial charge in [0.1, 0.15) is 48.3 Å². The summed E-state index contributed by atoms with van der Waals surface area (Å²) < 4.78 is 99.0. The van der Waals surface area contributed by atoms with E-state index in [-0.39, 0.29) is 69.9 Å². The molecule has 0 aliphatic carbocycles. The number of unbranched alkanes of at least 4 members (excludes halogenated alkanes) is 4. The molecule has 6 amide bonds. The summed E-state index contributed by atoms with van der Waals surface area (Å²) in [6.07, 6.45) is -3.89. The molecule has 8 heterocycles. The summed E-state index contributed by atoms with van der Waals surface area (Å²) in [7, 11) is -5.27. The zero-order valence-electron chi connectivity index (χ0n) is 46.6. The molecular weight excluding hydrogens is 1200 g/mol. The Labute approximate surface area is 492 Å². The summed E-state index contributed by atoms with van der Waals surface area (Å²) in [6, 6.07) is 4.16. The molecule has 30 nitrogen and oxygen atoms in total. The third-order valence-corrected chi connectivity index (χ3v) is 19.0. The molecule has 4 aliphatic rings. The number of anilines is 2. The number of aromatic amines is 1. The van der Waals surface area contributed by atoms with Crippen LogP contribution in [0.2, 0.25) is 0 Å². The molecule has 0 saturated carbocycles. The fourth-order valence-corrected chi connectivity index (χ4v) is 14.1. The Kier molecular flexibility index (Phi) is 20.6. The third kappa shape index (κ3) is 15.2. The minimum absolute atomic E-state index is 0.0306. The number of nitrogen functional groups attached to an aromatic ring is 1. The van der Waals surface area contributed by atoms with Crippen molar-refractivity contribution in [3.8, 4) is 0 Å². The Balaban J connectivity index is 0.783. The summed E-state index contributed by atoms with van der Waals surface area (Å²) in [5.74, 6) is -2.84. The molecule has 1 aromatic carbocycles. The number of hydrogen-bond acceptors (Lipinski definition) is 22. The van der Waals surface area contributed by atoms with Crippen LogP contribution in [-0.2, 0) is 71.2 Å². The topological polar surface area (TPSA) is 397 Å². The third-order valence-electron chi connectivity index (χ3n) is 14.4. The fraction of sp³-hybridized carbons (Fsp3) is 0.529. The van der Waals surface area contributed by atoms with E-state index in [1.54, 1.807) is 26.0 Å². The van der Waals surface area contributed by atoms with Crippen LogP contribution < -0.4 is 32.6 Å². The van der Waals surface area contributed by atoms with Gasteiger partial charge in [-0.05, 0) is 67.6 Å². The number of nitrogens with two attached hydrogens (primary N) is 1. The standard InChI is InChI=1S/C51H64F2N14O16P2S/c1-27(2)39(64-34(69)11-6-4-8-18-55-33(68)10-7-5-9-19-65-35(70)16-17-36(65)71)49(74)62-28(3)47(72)63-30-14-12-29(13-15-30)22-86-85(77)79-21-32-42(37(52)50(81-32)66-25-60-40-44(54)56-23-57-45(40)66)82-84(75,76)78-20-31-43(83-85)38(53)51(80-31)67-26-61-41-46(67)58-24-59-48(41)73/h12-17,23-28,31-32,37-39,42-43,50-51H,4-11,18-22H2,1-3H3,(H,55,68)(H,62,74)(H,63,72)(H,64,69)(H,75,76)(H2,54,56,57)(H,58,59,73)/t28-,31+,32+,37+,38+,39+,42+,43+,50+,51+,85?/m1/s1. The van der Waals surface area contributed by atoms with E-state index in [4.69, 9.17) is 33.3 Å². The first-order valence-corrected chi connectivity index (χ1v) is 32.2. The maximum Gasteiger partial charge on any atom is 0.472 e. The van der Waals surface area contributed by atoms with Gasteiger partial charge in [0.15, 0.2) is 47.4 Å². The molecule has 9 rings (SSSR count). The average Bonchev–Trinajstić information content (AvgIpc) is 1.74. The number of H-pyrrole nitrogens is 1. The van der Waals surface area contributed by atoms with Crippen LogP contribution in [0.3, 0.4) is 0 Å². The molecule has 0 radical (unpaired) electrons. The molecule has 4 aromatic heterocycles. The van der Waals surface area contributed by atoms with Crippen LogP contribution in [0.15, 0.2) is 66.5 Å². The van der Waals surface area contributed by atoms with Crippen LogP contribution in [0.25, 0.3) is 22.3 Å². The fourth-order valence-electron chi connectivity index (χ4n) is 9.75. The molecule has 86 heavy (non-hydrogen) atoms. The van der Waals surface area contributed by atoms with Gasteiger partial charge in [-0.3, -0.25) is 65.7 Å². The van der Waals surface area contributed by atoms with Crippen molar-refractivity contribution < 1.29 is 79.1 Å². The number of carbonyl (C=O) groups is 6. The number of halogens is 2. The molecule has 5 aromatic rings. The molecule has 464 valence electrons. The van der Waals surface area contributed by atoms with Crippen molar-refractivity contribution in [2.24, 2.45) is 5.92 Å². The number of rotatable bonds is 23. The second-order valence-corrected chi connectivity index (χ2v) is 26.3. The van der Waals surface area contributed by atoms with Gasteiger partial charge in [0, 0.05) is 49.5 Å². The van der Waals surface area contributed by atoms with E-state index in [0.29, 0.717) is 80.7 Å². The molecule has 4 aliphatic heterocycles. The highest BCUT2D eigenvalue weighted by Gasteiger charge is 2.55. The average molecular weight is 1260 g/mol. The Morgan fingerprint density at radius 3 is 2.06 bits per heavy atom. The van der Waals surface area contributed by atoms with Gasteiger partial charge in [0.25, 0.3) is 17.4 Å². The molecule has 35 heteroatoms. The van der Waals surface area contributed by atoms with Crippen molar-refractivity contribution in [3.63, 3.8) is 0 Å². The summed E-state index contributed by atoms with van der Waals surface area (Å²) in [6.45, 7) is -0.772. The van der Waals surface area contributed by atoms with E-state index in [0.717, 1.165) is 34.4 Å². The quantitative estimate of drug-likeness (QED) is 0.0278. The van der Waals surface area contributed by atoms with Gasteiger partial charge in [0.2, 0.25) is 23.6 Å². The van der Waals surface area contributed by atoms with E-state index in [1.807, 2.05) is 0 Å². The first-order valence-electron chi connectivity index (χ1n) is 27.5. The van der Waals surface area contributed by atoms with Gasteiger partial charge >= 0.3 is 14.6 Å². The first-order chi connectivity index (χ1) is 41.1. The zero-order chi connectivity index (χ0) is 61.5. The van der Waals surface area contributed by atoms with Crippen molar-refractivity contribution in [2.45, 2.75) is 139 Å². The maximum atomic E-state index is 16.9. The summed E-state index contributed by atoms with van der Waals surface area (Å²) in [5, 5.41) is 11.0. The predicted molar refractivity (Wildman–Crippen MR) is 301 cm³/mol. The predicted octanol–water partition coefficient (Wildman–Crippen LogP) is 3.72. The maximum absolute atomic E-state index is 16.9. The summed E-state index contributed by atoms with van der Waals surface area (Å²) >= 11 is 0.586. The van der Waals surface area contributed by atoms with Crippen molar-refractivity contribution in [1.82, 2.24) is 59.9 Å². The minimum Gasteiger partial charge on any atom is -0.382 e. The Morgan fingerprint density at radius 2 is 1.38 bits per heavy atom. The molecule has 8 N–H and O–H groups in total. The van der Waals surface area contributed by atoms with E-state index < -0.39 is 107 Å². The number of nitrogens with one attached hydrogen (secondary N) is 5.